The second kappa shape index (κ2) is 7.04. The minimum Gasteiger partial charge on any atom is -0.379 e. The number of carbonyl (C=O) groups excluding carboxylic acids is 1. The number of hydrogen-bond donors (Lipinski definition) is 1. The van der Waals surface area contributed by atoms with Crippen LogP contribution in [0.4, 0.5) is 0 Å². The first kappa shape index (κ1) is 16.0. The molecule has 21 heavy (non-hydrogen) atoms. The van der Waals surface area contributed by atoms with Gasteiger partial charge in [0.1, 0.15) is 12.6 Å². The number of ether oxygens (including phenoxy) is 2. The normalized spacial score (nSPS) is 22.3. The van der Waals surface area contributed by atoms with Gasteiger partial charge in [-0.2, -0.15) is 5.10 Å². The number of nitrogens with zero attached hydrogens (tertiary/aromatic N) is 2. The molecule has 1 fully saturated rings. The number of methoxy groups -OCH3 is 1. The van der Waals surface area contributed by atoms with Crippen LogP contribution in [0, 0.1) is 13.8 Å². The number of carbonyl (C=O) groups is 1. The van der Waals surface area contributed by atoms with E-state index in [0.717, 1.165) is 24.2 Å². The van der Waals surface area contributed by atoms with Gasteiger partial charge in [0.2, 0.25) is 5.91 Å². The van der Waals surface area contributed by atoms with Crippen molar-refractivity contribution in [2.75, 3.05) is 20.3 Å². The highest BCUT2D eigenvalue weighted by Gasteiger charge is 2.27. The fourth-order valence-corrected chi connectivity index (χ4v) is 2.90. The number of rotatable bonds is 5. The Bertz CT molecular complexity index is 499. The Labute approximate surface area is 125 Å². The first-order chi connectivity index (χ1) is 10.1. The molecule has 1 aliphatic rings. The zero-order valence-corrected chi connectivity index (χ0v) is 13.3. The van der Waals surface area contributed by atoms with Gasteiger partial charge in [-0.1, -0.05) is 6.92 Å². The van der Waals surface area contributed by atoms with Crippen LogP contribution in [0.2, 0.25) is 0 Å². The summed E-state index contributed by atoms with van der Waals surface area (Å²) in [6.45, 7) is 7.54. The predicted molar refractivity (Wildman–Crippen MR) is 79.2 cm³/mol. The Kier molecular flexibility index (Phi) is 5.36. The minimum absolute atomic E-state index is 0.0128. The minimum atomic E-state index is -0.0747. The van der Waals surface area contributed by atoms with Gasteiger partial charge in [-0.3, -0.25) is 9.48 Å². The molecule has 6 nitrogen and oxygen atoms in total. The van der Waals surface area contributed by atoms with Crippen LogP contribution in [0.5, 0.6) is 0 Å². The number of aromatic nitrogens is 2. The van der Waals surface area contributed by atoms with Crippen molar-refractivity contribution in [3.63, 3.8) is 0 Å². The Morgan fingerprint density at radius 3 is 2.90 bits per heavy atom. The van der Waals surface area contributed by atoms with E-state index in [9.17, 15) is 4.79 Å². The lowest BCUT2D eigenvalue weighted by molar-refractivity contribution is -0.125. The second-order valence-electron chi connectivity index (χ2n) is 5.47. The van der Waals surface area contributed by atoms with E-state index in [1.165, 1.54) is 5.56 Å². The summed E-state index contributed by atoms with van der Waals surface area (Å²) in [5.41, 5.74) is 3.30. The molecule has 1 N–H and O–H groups in total. The zero-order chi connectivity index (χ0) is 15.4. The summed E-state index contributed by atoms with van der Waals surface area (Å²) < 4.78 is 12.5. The summed E-state index contributed by atoms with van der Waals surface area (Å²) in [6, 6.07) is 0.0128. The lowest BCUT2D eigenvalue weighted by Gasteiger charge is -2.31. The van der Waals surface area contributed by atoms with Gasteiger partial charge in [0.15, 0.2) is 0 Å². The van der Waals surface area contributed by atoms with Crippen molar-refractivity contribution in [1.29, 1.82) is 0 Å². The number of amides is 1. The fraction of sp³-hybridized carbons (Fsp3) is 0.733. The van der Waals surface area contributed by atoms with Crippen LogP contribution in [0.25, 0.3) is 0 Å². The Hall–Kier alpha value is -1.40. The smallest absolute Gasteiger partial charge is 0.242 e. The fourth-order valence-electron chi connectivity index (χ4n) is 2.90. The molecule has 2 heterocycles. The molecule has 2 atom stereocenters. The van der Waals surface area contributed by atoms with E-state index >= 15 is 0 Å². The standard InChI is InChI=1S/C15H25N3O3/c1-5-12-10(2)17-18(11(12)3)8-15(19)16-13-6-7-21-9-14(13)20-4/h13-14H,5-9H2,1-4H3,(H,16,19)/t13-,14-/m1/s1. The highest BCUT2D eigenvalue weighted by molar-refractivity contribution is 5.76. The third-order valence-electron chi connectivity index (χ3n) is 4.13. The van der Waals surface area contributed by atoms with Gasteiger partial charge in [-0.25, -0.2) is 0 Å². The van der Waals surface area contributed by atoms with Crippen LogP contribution in [0.1, 0.15) is 30.3 Å². The third-order valence-corrected chi connectivity index (χ3v) is 4.13. The van der Waals surface area contributed by atoms with Gasteiger partial charge in [0.25, 0.3) is 0 Å². The predicted octanol–water partition coefficient (Wildman–Crippen LogP) is 0.982. The average molecular weight is 295 g/mol. The van der Waals surface area contributed by atoms with Crippen LogP contribution < -0.4 is 5.32 Å². The van der Waals surface area contributed by atoms with Crippen LogP contribution in [-0.4, -0.2) is 48.2 Å². The third kappa shape index (κ3) is 3.63. The van der Waals surface area contributed by atoms with Gasteiger partial charge >= 0.3 is 0 Å². The first-order valence-electron chi connectivity index (χ1n) is 7.49. The number of hydrogen-bond acceptors (Lipinski definition) is 4. The van der Waals surface area contributed by atoms with E-state index in [1.54, 1.807) is 11.8 Å². The topological polar surface area (TPSA) is 65.4 Å². The maximum absolute atomic E-state index is 12.2. The van der Waals surface area contributed by atoms with Crippen molar-refractivity contribution < 1.29 is 14.3 Å². The van der Waals surface area contributed by atoms with Crippen molar-refractivity contribution in [2.45, 2.75) is 52.3 Å². The molecule has 0 radical (unpaired) electrons. The molecule has 118 valence electrons. The summed E-state index contributed by atoms with van der Waals surface area (Å²) in [6.07, 6.45) is 1.64. The van der Waals surface area contributed by atoms with Crippen molar-refractivity contribution >= 4 is 5.91 Å². The van der Waals surface area contributed by atoms with Gasteiger partial charge in [0, 0.05) is 19.4 Å². The Morgan fingerprint density at radius 1 is 1.52 bits per heavy atom. The van der Waals surface area contributed by atoms with Gasteiger partial charge in [-0.15, -0.1) is 0 Å². The van der Waals surface area contributed by atoms with Crippen LogP contribution in [0.15, 0.2) is 0 Å². The van der Waals surface area contributed by atoms with Crippen molar-refractivity contribution in [3.05, 3.63) is 17.0 Å². The number of aryl methyl sites for hydroxylation is 1. The zero-order valence-electron chi connectivity index (χ0n) is 13.3. The molecule has 2 rings (SSSR count). The van der Waals surface area contributed by atoms with E-state index < -0.39 is 0 Å². The van der Waals surface area contributed by atoms with Crippen LogP contribution in [-0.2, 0) is 27.2 Å². The molecule has 0 aliphatic carbocycles. The molecule has 1 amide bonds. The summed E-state index contributed by atoms with van der Waals surface area (Å²) >= 11 is 0. The number of nitrogens with one attached hydrogen (secondary N) is 1. The van der Waals surface area contributed by atoms with Gasteiger partial charge < -0.3 is 14.8 Å². The monoisotopic (exact) mass is 295 g/mol. The first-order valence-corrected chi connectivity index (χ1v) is 7.49. The molecular formula is C15H25N3O3. The molecule has 0 saturated carbocycles. The SMILES string of the molecule is CCc1c(C)nn(CC(=O)N[C@@H]2CCOC[C@H]2OC)c1C. The summed E-state index contributed by atoms with van der Waals surface area (Å²) in [7, 11) is 1.65. The van der Waals surface area contributed by atoms with E-state index in [1.807, 2.05) is 13.8 Å². The molecule has 1 saturated heterocycles. The second-order valence-corrected chi connectivity index (χ2v) is 5.47. The quantitative estimate of drug-likeness (QED) is 0.879. The molecular weight excluding hydrogens is 270 g/mol. The van der Waals surface area contributed by atoms with Crippen molar-refractivity contribution in [1.82, 2.24) is 15.1 Å². The van der Waals surface area contributed by atoms with Gasteiger partial charge in [-0.05, 0) is 32.3 Å². The molecule has 0 spiro atoms. The Morgan fingerprint density at radius 2 is 2.29 bits per heavy atom. The lowest BCUT2D eigenvalue weighted by atomic mass is 10.1. The maximum Gasteiger partial charge on any atom is 0.242 e. The highest BCUT2D eigenvalue weighted by Crippen LogP contribution is 2.14. The maximum atomic E-state index is 12.2. The molecule has 0 unspecified atom stereocenters. The molecule has 1 aromatic rings. The summed E-state index contributed by atoms with van der Waals surface area (Å²) in [5, 5.41) is 7.49. The van der Waals surface area contributed by atoms with E-state index in [-0.39, 0.29) is 24.6 Å². The molecule has 6 heteroatoms. The highest BCUT2D eigenvalue weighted by atomic mass is 16.5. The van der Waals surface area contributed by atoms with Crippen LogP contribution in [0.3, 0.4) is 0 Å². The summed E-state index contributed by atoms with van der Waals surface area (Å²) in [5.74, 6) is -0.0304. The molecule has 0 aromatic carbocycles. The summed E-state index contributed by atoms with van der Waals surface area (Å²) in [4.78, 5) is 12.2. The van der Waals surface area contributed by atoms with Crippen LogP contribution >= 0.6 is 0 Å². The molecule has 0 bridgehead atoms. The van der Waals surface area contributed by atoms with Crippen molar-refractivity contribution in [2.24, 2.45) is 0 Å². The molecule has 1 aliphatic heterocycles. The largest absolute Gasteiger partial charge is 0.379 e. The Balaban J connectivity index is 1.98. The lowest BCUT2D eigenvalue weighted by Crippen LogP contribution is -2.50. The average Bonchev–Trinajstić information content (AvgIpc) is 2.73. The van der Waals surface area contributed by atoms with Gasteiger partial charge in [0.05, 0.1) is 18.3 Å². The van der Waals surface area contributed by atoms with E-state index in [0.29, 0.717) is 13.2 Å². The van der Waals surface area contributed by atoms with E-state index in [4.69, 9.17) is 9.47 Å². The van der Waals surface area contributed by atoms with Crippen molar-refractivity contribution in [3.8, 4) is 0 Å². The van der Waals surface area contributed by atoms with E-state index in [2.05, 4.69) is 17.3 Å². The molecule has 1 aromatic heterocycles.